The van der Waals surface area contributed by atoms with Crippen LogP contribution >= 0.6 is 0 Å². The first-order chi connectivity index (χ1) is 31.8. The Bertz CT molecular complexity index is 995. The Morgan fingerprint density at radius 1 is 0.323 bits per heavy atom. The van der Waals surface area contributed by atoms with Gasteiger partial charge in [0.25, 0.3) is 0 Å². The Hall–Kier alpha value is -1.59. The number of carbonyl (C=O) groups excluding carboxylic acids is 3. The molecule has 0 spiro atoms. The topological polar surface area (TPSA) is 78.9 Å². The van der Waals surface area contributed by atoms with Crippen LogP contribution in [0.2, 0.25) is 0 Å². The lowest BCUT2D eigenvalue weighted by molar-refractivity contribution is -0.167. The number of hydrogen-bond donors (Lipinski definition) is 0. The first kappa shape index (κ1) is 63.4. The van der Waals surface area contributed by atoms with Crippen LogP contribution in [-0.2, 0) is 28.6 Å². The van der Waals surface area contributed by atoms with Gasteiger partial charge in [0.05, 0.1) is 0 Å². The van der Waals surface area contributed by atoms with Gasteiger partial charge in [-0.05, 0) is 31.1 Å². The lowest BCUT2D eigenvalue weighted by Crippen LogP contribution is -2.30. The molecule has 0 heterocycles. The van der Waals surface area contributed by atoms with Gasteiger partial charge in [-0.15, -0.1) is 0 Å². The van der Waals surface area contributed by atoms with Gasteiger partial charge in [-0.1, -0.05) is 291 Å². The van der Waals surface area contributed by atoms with E-state index in [2.05, 4.69) is 34.6 Å². The summed E-state index contributed by atoms with van der Waals surface area (Å²) in [7, 11) is 0. The quantitative estimate of drug-likeness (QED) is 0.0344. The molecular formula is C59H114O6. The average Bonchev–Trinajstić information content (AvgIpc) is 3.29. The largest absolute Gasteiger partial charge is 0.462 e. The number of ether oxygens (including phenoxy) is 3. The first-order valence-electron chi connectivity index (χ1n) is 29.3. The van der Waals surface area contributed by atoms with E-state index in [0.717, 1.165) is 69.6 Å². The molecule has 0 aromatic heterocycles. The lowest BCUT2D eigenvalue weighted by Gasteiger charge is -2.18. The minimum atomic E-state index is -0.763. The maximum Gasteiger partial charge on any atom is 0.306 e. The summed E-state index contributed by atoms with van der Waals surface area (Å²) in [6, 6.07) is 0. The van der Waals surface area contributed by atoms with Crippen LogP contribution in [0, 0.1) is 11.8 Å². The highest BCUT2D eigenvalue weighted by Crippen LogP contribution is 2.19. The zero-order chi connectivity index (χ0) is 47.5. The van der Waals surface area contributed by atoms with E-state index in [1.807, 2.05) is 0 Å². The highest BCUT2D eigenvalue weighted by Gasteiger charge is 2.19. The molecule has 6 heteroatoms. The van der Waals surface area contributed by atoms with E-state index < -0.39 is 6.10 Å². The van der Waals surface area contributed by atoms with Crippen molar-refractivity contribution in [3.63, 3.8) is 0 Å². The molecule has 0 aromatic rings. The summed E-state index contributed by atoms with van der Waals surface area (Å²) in [5.74, 6) is 0.823. The molecular weight excluding hydrogens is 805 g/mol. The first-order valence-corrected chi connectivity index (χ1v) is 29.3. The summed E-state index contributed by atoms with van der Waals surface area (Å²) in [4.78, 5) is 38.1. The summed E-state index contributed by atoms with van der Waals surface area (Å²) < 4.78 is 16.9. The molecule has 0 radical (unpaired) electrons. The number of esters is 3. The fourth-order valence-corrected chi connectivity index (χ4v) is 9.02. The molecule has 6 nitrogen and oxygen atoms in total. The van der Waals surface area contributed by atoms with Gasteiger partial charge in [0.2, 0.25) is 0 Å². The van der Waals surface area contributed by atoms with Crippen LogP contribution < -0.4 is 0 Å². The normalized spacial score (nSPS) is 12.5. The molecule has 65 heavy (non-hydrogen) atoms. The van der Waals surface area contributed by atoms with Crippen molar-refractivity contribution >= 4 is 17.9 Å². The predicted octanol–water partition coefficient (Wildman–Crippen LogP) is 19.3. The van der Waals surface area contributed by atoms with Crippen LogP contribution in [0.15, 0.2) is 0 Å². The molecule has 0 aliphatic heterocycles. The highest BCUT2D eigenvalue weighted by molar-refractivity contribution is 5.71. The highest BCUT2D eigenvalue weighted by atomic mass is 16.6. The van der Waals surface area contributed by atoms with Gasteiger partial charge in [-0.3, -0.25) is 14.4 Å². The van der Waals surface area contributed by atoms with Crippen molar-refractivity contribution in [2.45, 2.75) is 336 Å². The zero-order valence-corrected chi connectivity index (χ0v) is 44.6. The van der Waals surface area contributed by atoms with Gasteiger partial charge >= 0.3 is 17.9 Å². The van der Waals surface area contributed by atoms with Gasteiger partial charge in [-0.25, -0.2) is 0 Å². The molecule has 0 bridgehead atoms. The maximum atomic E-state index is 12.8. The van der Waals surface area contributed by atoms with E-state index in [1.165, 1.54) is 218 Å². The number of unbranched alkanes of at least 4 members (excludes halogenated alkanes) is 37. The molecule has 1 unspecified atom stereocenters. The third kappa shape index (κ3) is 51.6. The van der Waals surface area contributed by atoms with Crippen molar-refractivity contribution in [2.75, 3.05) is 13.2 Å². The van der Waals surface area contributed by atoms with E-state index in [1.54, 1.807) is 0 Å². The predicted molar refractivity (Wildman–Crippen MR) is 280 cm³/mol. The van der Waals surface area contributed by atoms with Crippen molar-refractivity contribution in [1.82, 2.24) is 0 Å². The monoisotopic (exact) mass is 919 g/mol. The van der Waals surface area contributed by atoms with Crippen LogP contribution in [0.4, 0.5) is 0 Å². The van der Waals surface area contributed by atoms with Crippen molar-refractivity contribution in [3.8, 4) is 0 Å². The van der Waals surface area contributed by atoms with E-state index in [9.17, 15) is 14.4 Å². The summed E-state index contributed by atoms with van der Waals surface area (Å²) in [5, 5.41) is 0. The molecule has 0 amide bonds. The number of hydrogen-bond acceptors (Lipinski definition) is 6. The minimum Gasteiger partial charge on any atom is -0.462 e. The summed E-state index contributed by atoms with van der Waals surface area (Å²) >= 11 is 0. The lowest BCUT2D eigenvalue weighted by atomic mass is 10.00. The molecule has 0 saturated carbocycles. The van der Waals surface area contributed by atoms with E-state index >= 15 is 0 Å². The van der Waals surface area contributed by atoms with Crippen molar-refractivity contribution in [1.29, 1.82) is 0 Å². The summed E-state index contributed by atoms with van der Waals surface area (Å²) in [5.41, 5.74) is 0. The van der Waals surface area contributed by atoms with Gasteiger partial charge in [-0.2, -0.15) is 0 Å². The fraction of sp³-hybridized carbons (Fsp3) is 0.949. The summed E-state index contributed by atoms with van der Waals surface area (Å²) in [6.07, 6.45) is 55.3. The van der Waals surface area contributed by atoms with Crippen LogP contribution in [-0.4, -0.2) is 37.2 Å². The van der Waals surface area contributed by atoms with Crippen LogP contribution in [0.3, 0.4) is 0 Å². The molecule has 0 aliphatic rings. The SMILES string of the molecule is CCCCCCCCCCCCCCCCCCCCC(=O)OC[C@H](COC(=O)CCCCCCCCC(C)CC)OC(=O)CCCCCCCCCCCCCCCCCCC(C)C. The third-order valence-electron chi connectivity index (χ3n) is 13.8. The van der Waals surface area contributed by atoms with Crippen LogP contribution in [0.1, 0.15) is 330 Å². The fourth-order valence-electron chi connectivity index (χ4n) is 9.02. The van der Waals surface area contributed by atoms with Crippen LogP contribution in [0.5, 0.6) is 0 Å². The van der Waals surface area contributed by atoms with Crippen molar-refractivity contribution in [2.24, 2.45) is 11.8 Å². The van der Waals surface area contributed by atoms with Gasteiger partial charge < -0.3 is 14.2 Å². The Labute approximate surface area is 406 Å². The molecule has 386 valence electrons. The second-order valence-electron chi connectivity index (χ2n) is 21.0. The van der Waals surface area contributed by atoms with E-state index in [4.69, 9.17) is 14.2 Å². The van der Waals surface area contributed by atoms with Gasteiger partial charge in [0.15, 0.2) is 6.10 Å². The molecule has 0 aromatic carbocycles. The zero-order valence-electron chi connectivity index (χ0n) is 44.6. The second-order valence-corrected chi connectivity index (χ2v) is 21.0. The minimum absolute atomic E-state index is 0.0634. The molecule has 0 N–H and O–H groups in total. The Morgan fingerprint density at radius 2 is 0.585 bits per heavy atom. The smallest absolute Gasteiger partial charge is 0.306 e. The Kier molecular flexibility index (Phi) is 50.5. The number of carbonyl (C=O) groups is 3. The Balaban J connectivity index is 4.24. The standard InChI is InChI=1S/C59H114O6/c1-6-8-9-10-11-12-13-14-15-16-17-21-24-27-30-33-39-44-49-57(60)63-52-56(53-64-58(61)50-45-40-36-35-38-43-48-55(5)7-2)65-59(62)51-46-41-34-31-28-25-22-19-18-20-23-26-29-32-37-42-47-54(3)4/h54-56H,6-53H2,1-5H3/t55?,56-/m1/s1. The maximum absolute atomic E-state index is 12.8. The Morgan fingerprint density at radius 3 is 0.877 bits per heavy atom. The van der Waals surface area contributed by atoms with Crippen molar-refractivity contribution < 1.29 is 28.6 Å². The van der Waals surface area contributed by atoms with E-state index in [-0.39, 0.29) is 31.1 Å². The third-order valence-corrected chi connectivity index (χ3v) is 13.8. The molecule has 2 atom stereocenters. The molecule has 0 rings (SSSR count). The molecule has 0 fully saturated rings. The van der Waals surface area contributed by atoms with Gasteiger partial charge in [0, 0.05) is 19.3 Å². The van der Waals surface area contributed by atoms with Crippen LogP contribution in [0.25, 0.3) is 0 Å². The van der Waals surface area contributed by atoms with E-state index in [0.29, 0.717) is 19.3 Å². The average molecular weight is 920 g/mol. The molecule has 0 aliphatic carbocycles. The number of rotatable bonds is 53. The summed E-state index contributed by atoms with van der Waals surface area (Å²) in [6.45, 7) is 11.4. The van der Waals surface area contributed by atoms with Gasteiger partial charge in [0.1, 0.15) is 13.2 Å². The second kappa shape index (κ2) is 51.8. The van der Waals surface area contributed by atoms with Crippen molar-refractivity contribution in [3.05, 3.63) is 0 Å². The molecule has 0 saturated heterocycles.